The van der Waals surface area contributed by atoms with Crippen molar-refractivity contribution in [2.24, 2.45) is 0 Å². The Morgan fingerprint density at radius 2 is 1.61 bits per heavy atom. The number of benzene rings is 3. The van der Waals surface area contributed by atoms with E-state index < -0.39 is 15.7 Å². The number of rotatable bonds is 5. The van der Waals surface area contributed by atoms with Gasteiger partial charge in [0.1, 0.15) is 0 Å². The number of halogens is 2. The fourth-order valence-electron chi connectivity index (χ4n) is 2.37. The highest BCUT2D eigenvalue weighted by Gasteiger charge is 2.15. The summed E-state index contributed by atoms with van der Waals surface area (Å²) in [4.78, 5) is 14.4. The predicted octanol–water partition coefficient (Wildman–Crippen LogP) is 5.80. The number of hydrogen-bond donors (Lipinski definition) is 1. The van der Waals surface area contributed by atoms with Crippen molar-refractivity contribution >= 4 is 56.4 Å². The summed E-state index contributed by atoms with van der Waals surface area (Å²) in [5, 5.41) is 3.50. The molecule has 0 heterocycles. The number of anilines is 1. The normalized spacial score (nSPS) is 11.2. The molecule has 0 spiro atoms. The highest BCUT2D eigenvalue weighted by molar-refractivity contribution is 7.99. The maximum absolute atomic E-state index is 12.4. The van der Waals surface area contributed by atoms with Gasteiger partial charge in [-0.2, -0.15) is 0 Å². The monoisotopic (exact) mass is 451 g/mol. The van der Waals surface area contributed by atoms with Crippen LogP contribution >= 0.6 is 35.0 Å². The fraction of sp³-hybridized carbons (Fsp3) is 0.0500. The van der Waals surface area contributed by atoms with Crippen molar-refractivity contribution in [3.63, 3.8) is 0 Å². The van der Waals surface area contributed by atoms with Crippen molar-refractivity contribution in [2.75, 3.05) is 11.6 Å². The van der Waals surface area contributed by atoms with E-state index in [0.717, 1.165) is 16.0 Å². The van der Waals surface area contributed by atoms with E-state index in [1.54, 1.807) is 12.1 Å². The first-order valence-corrected chi connectivity index (χ1v) is 11.5. The van der Waals surface area contributed by atoms with Crippen molar-refractivity contribution in [1.29, 1.82) is 0 Å². The van der Waals surface area contributed by atoms with Gasteiger partial charge in [0.2, 0.25) is 0 Å². The van der Waals surface area contributed by atoms with Crippen molar-refractivity contribution in [3.8, 4) is 0 Å². The Kier molecular flexibility index (Phi) is 6.35. The van der Waals surface area contributed by atoms with Crippen molar-refractivity contribution in [2.45, 2.75) is 14.7 Å². The number of carbonyl (C=O) groups is 1. The average Bonchev–Trinajstić information content (AvgIpc) is 2.64. The van der Waals surface area contributed by atoms with Crippen LogP contribution in [-0.2, 0) is 9.84 Å². The largest absolute Gasteiger partial charge is 0.322 e. The number of sulfone groups is 1. The smallest absolute Gasteiger partial charge is 0.257 e. The average molecular weight is 452 g/mol. The lowest BCUT2D eigenvalue weighted by atomic mass is 10.2. The third kappa shape index (κ3) is 5.08. The number of amides is 1. The zero-order chi connectivity index (χ0) is 20.3. The molecule has 1 amide bonds. The minimum absolute atomic E-state index is 0.0648. The molecule has 0 aliphatic carbocycles. The summed E-state index contributed by atoms with van der Waals surface area (Å²) in [6, 6.07) is 18.9. The van der Waals surface area contributed by atoms with E-state index in [2.05, 4.69) is 5.32 Å². The summed E-state index contributed by atoms with van der Waals surface area (Å²) in [5.41, 5.74) is 0.792. The Balaban J connectivity index is 1.72. The standard InChI is InChI=1S/C20H15Cl2NO3S2/c1-28(25,26)15-10-11-16(18(22)12-15)20(24)23-13-6-8-14(9-7-13)27-19-5-3-2-4-17(19)21/h2-12H,1H3,(H,23,24). The minimum Gasteiger partial charge on any atom is -0.322 e. The first kappa shape index (κ1) is 20.7. The lowest BCUT2D eigenvalue weighted by Crippen LogP contribution is -2.13. The van der Waals surface area contributed by atoms with E-state index in [9.17, 15) is 13.2 Å². The van der Waals surface area contributed by atoms with Gasteiger partial charge in [0.25, 0.3) is 5.91 Å². The molecule has 0 aliphatic rings. The van der Waals surface area contributed by atoms with Crippen molar-refractivity contribution < 1.29 is 13.2 Å². The second kappa shape index (κ2) is 8.57. The molecule has 28 heavy (non-hydrogen) atoms. The summed E-state index contributed by atoms with van der Waals surface area (Å²) < 4.78 is 23.1. The Bertz CT molecular complexity index is 1130. The molecular weight excluding hydrogens is 437 g/mol. The molecule has 0 aliphatic heterocycles. The first-order valence-electron chi connectivity index (χ1n) is 8.07. The predicted molar refractivity (Wildman–Crippen MR) is 115 cm³/mol. The topological polar surface area (TPSA) is 63.2 Å². The second-order valence-electron chi connectivity index (χ2n) is 5.92. The molecule has 0 aromatic heterocycles. The summed E-state index contributed by atoms with van der Waals surface area (Å²) in [6.45, 7) is 0. The molecule has 0 unspecified atom stereocenters. The molecular formula is C20H15Cl2NO3S2. The zero-order valence-electron chi connectivity index (χ0n) is 14.6. The molecule has 0 atom stereocenters. The third-order valence-electron chi connectivity index (χ3n) is 3.79. The van der Waals surface area contributed by atoms with Crippen LogP contribution in [-0.4, -0.2) is 20.6 Å². The molecule has 3 rings (SSSR count). The molecule has 0 saturated heterocycles. The fourth-order valence-corrected chi connectivity index (χ4v) is 4.44. The summed E-state index contributed by atoms with van der Waals surface area (Å²) in [7, 11) is -3.39. The van der Waals surface area contributed by atoms with Crippen LogP contribution in [0.1, 0.15) is 10.4 Å². The Morgan fingerprint density at radius 1 is 0.929 bits per heavy atom. The quantitative estimate of drug-likeness (QED) is 0.532. The number of nitrogens with one attached hydrogen (secondary N) is 1. The van der Waals surface area contributed by atoms with Crippen LogP contribution in [0.3, 0.4) is 0 Å². The van der Waals surface area contributed by atoms with Crippen LogP contribution in [0.4, 0.5) is 5.69 Å². The molecule has 144 valence electrons. The van der Waals surface area contributed by atoms with Crippen LogP contribution in [0.25, 0.3) is 0 Å². The van der Waals surface area contributed by atoms with E-state index in [0.29, 0.717) is 10.7 Å². The van der Waals surface area contributed by atoms with Crippen LogP contribution in [0.5, 0.6) is 0 Å². The van der Waals surface area contributed by atoms with E-state index in [4.69, 9.17) is 23.2 Å². The highest BCUT2D eigenvalue weighted by atomic mass is 35.5. The van der Waals surface area contributed by atoms with Crippen LogP contribution in [0.2, 0.25) is 10.0 Å². The van der Waals surface area contributed by atoms with Gasteiger partial charge in [0.05, 0.1) is 20.5 Å². The molecule has 0 bridgehead atoms. The molecule has 3 aromatic carbocycles. The van der Waals surface area contributed by atoms with Crippen molar-refractivity contribution in [3.05, 3.63) is 82.3 Å². The molecule has 8 heteroatoms. The summed E-state index contributed by atoms with van der Waals surface area (Å²) >= 11 is 13.8. The zero-order valence-corrected chi connectivity index (χ0v) is 17.8. The molecule has 0 radical (unpaired) electrons. The van der Waals surface area contributed by atoms with Gasteiger partial charge in [-0.05, 0) is 54.6 Å². The maximum Gasteiger partial charge on any atom is 0.257 e. The molecule has 4 nitrogen and oxygen atoms in total. The Morgan fingerprint density at radius 3 is 2.21 bits per heavy atom. The Hall–Kier alpha value is -1.99. The van der Waals surface area contributed by atoms with Gasteiger partial charge in [-0.3, -0.25) is 4.79 Å². The summed E-state index contributed by atoms with van der Waals surface area (Å²) in [5.74, 6) is -0.420. The lowest BCUT2D eigenvalue weighted by Gasteiger charge is -2.09. The van der Waals surface area contributed by atoms with E-state index in [1.807, 2.05) is 36.4 Å². The van der Waals surface area contributed by atoms with Gasteiger partial charge in [-0.15, -0.1) is 0 Å². The molecule has 1 N–H and O–H groups in total. The molecule has 0 fully saturated rings. The highest BCUT2D eigenvalue weighted by Crippen LogP contribution is 2.33. The molecule has 0 saturated carbocycles. The third-order valence-corrected chi connectivity index (χ3v) is 6.74. The lowest BCUT2D eigenvalue weighted by molar-refractivity contribution is 0.102. The molecule has 3 aromatic rings. The van der Waals surface area contributed by atoms with E-state index in [-0.39, 0.29) is 15.5 Å². The van der Waals surface area contributed by atoms with E-state index in [1.165, 1.54) is 30.0 Å². The van der Waals surface area contributed by atoms with E-state index >= 15 is 0 Å². The first-order chi connectivity index (χ1) is 13.2. The van der Waals surface area contributed by atoms with Gasteiger partial charge in [-0.25, -0.2) is 8.42 Å². The summed E-state index contributed by atoms with van der Waals surface area (Å²) in [6.07, 6.45) is 1.08. The van der Waals surface area contributed by atoms with Crippen LogP contribution in [0.15, 0.2) is 81.4 Å². The van der Waals surface area contributed by atoms with Gasteiger partial charge >= 0.3 is 0 Å². The van der Waals surface area contributed by atoms with Crippen LogP contribution in [0, 0.1) is 0 Å². The van der Waals surface area contributed by atoms with Crippen molar-refractivity contribution in [1.82, 2.24) is 0 Å². The second-order valence-corrected chi connectivity index (χ2v) is 9.87. The Labute approximate surface area is 177 Å². The van der Waals surface area contributed by atoms with Gasteiger partial charge in [0.15, 0.2) is 9.84 Å². The number of carbonyl (C=O) groups excluding carboxylic acids is 1. The van der Waals surface area contributed by atoms with Gasteiger partial charge in [-0.1, -0.05) is 47.1 Å². The van der Waals surface area contributed by atoms with Gasteiger partial charge < -0.3 is 5.32 Å². The van der Waals surface area contributed by atoms with Gasteiger partial charge in [0, 0.05) is 21.7 Å². The minimum atomic E-state index is -3.39. The maximum atomic E-state index is 12.4. The number of hydrogen-bond acceptors (Lipinski definition) is 4. The van der Waals surface area contributed by atoms with Crippen LogP contribution < -0.4 is 5.32 Å². The SMILES string of the molecule is CS(=O)(=O)c1ccc(C(=O)Nc2ccc(Sc3ccccc3Cl)cc2)c(Cl)c1.